The molecule has 0 spiro atoms. The first kappa shape index (κ1) is 15.1. The molecule has 1 fully saturated rings. The van der Waals surface area contributed by atoms with Crippen LogP contribution >= 0.6 is 23.4 Å². The molecule has 1 aliphatic carbocycles. The van der Waals surface area contributed by atoms with Gasteiger partial charge in [-0.25, -0.2) is 4.39 Å². The minimum absolute atomic E-state index is 0.224. The van der Waals surface area contributed by atoms with E-state index in [9.17, 15) is 4.39 Å². The molecule has 0 atom stereocenters. The van der Waals surface area contributed by atoms with Crippen molar-refractivity contribution in [1.82, 2.24) is 5.32 Å². The van der Waals surface area contributed by atoms with Crippen LogP contribution in [0.3, 0.4) is 0 Å². The van der Waals surface area contributed by atoms with E-state index in [1.165, 1.54) is 44.2 Å². The third-order valence-electron chi connectivity index (χ3n) is 3.97. The summed E-state index contributed by atoms with van der Waals surface area (Å²) < 4.78 is 13.5. The second-order valence-electron chi connectivity index (χ2n) is 5.29. The summed E-state index contributed by atoms with van der Waals surface area (Å²) in [6, 6.07) is 4.54. The van der Waals surface area contributed by atoms with E-state index in [4.69, 9.17) is 11.6 Å². The largest absolute Gasteiger partial charge is 0.311 e. The van der Waals surface area contributed by atoms with Gasteiger partial charge in [0.25, 0.3) is 0 Å². The third-order valence-corrected chi connectivity index (χ3v) is 5.76. The Hall–Kier alpha value is -0.250. The van der Waals surface area contributed by atoms with E-state index in [1.54, 1.807) is 6.07 Å². The van der Waals surface area contributed by atoms with Crippen LogP contribution in [0, 0.1) is 5.82 Å². The average Bonchev–Trinajstić information content (AvgIpc) is 2.44. The van der Waals surface area contributed by atoms with Crippen molar-refractivity contribution in [1.29, 1.82) is 0 Å². The Balaban J connectivity index is 1.90. The highest BCUT2D eigenvalue weighted by atomic mass is 35.5. The monoisotopic (exact) mass is 301 g/mol. The molecule has 1 aromatic rings. The first-order chi connectivity index (χ1) is 9.15. The van der Waals surface area contributed by atoms with Crippen molar-refractivity contribution < 1.29 is 4.39 Å². The fraction of sp³-hybridized carbons (Fsp3) is 0.600. The van der Waals surface area contributed by atoms with Crippen LogP contribution in [0.2, 0.25) is 5.02 Å². The molecule has 1 saturated carbocycles. The van der Waals surface area contributed by atoms with Crippen molar-refractivity contribution in [2.75, 3.05) is 12.8 Å². The van der Waals surface area contributed by atoms with Gasteiger partial charge in [0.1, 0.15) is 5.82 Å². The lowest BCUT2D eigenvalue weighted by Gasteiger charge is -2.36. The number of thioether (sulfide) groups is 1. The Bertz CT molecular complexity index is 419. The Morgan fingerprint density at radius 2 is 2.05 bits per heavy atom. The molecule has 1 nitrogen and oxygen atoms in total. The topological polar surface area (TPSA) is 12.0 Å². The molecule has 0 bridgehead atoms. The van der Waals surface area contributed by atoms with E-state index in [-0.39, 0.29) is 5.82 Å². The molecule has 1 aliphatic rings. The van der Waals surface area contributed by atoms with Crippen molar-refractivity contribution in [2.24, 2.45) is 0 Å². The number of rotatable bonds is 5. The highest BCUT2D eigenvalue weighted by Crippen LogP contribution is 2.38. The molecule has 0 amide bonds. The minimum atomic E-state index is -0.224. The van der Waals surface area contributed by atoms with Crippen LogP contribution in [0.4, 0.5) is 4.39 Å². The lowest BCUT2D eigenvalue weighted by molar-refractivity contribution is 0.379. The average molecular weight is 302 g/mol. The maximum absolute atomic E-state index is 13.2. The van der Waals surface area contributed by atoms with Crippen molar-refractivity contribution in [3.63, 3.8) is 0 Å². The smallest absolute Gasteiger partial charge is 0.123 e. The van der Waals surface area contributed by atoms with Crippen LogP contribution in [0.25, 0.3) is 0 Å². The summed E-state index contributed by atoms with van der Waals surface area (Å²) >= 11 is 8.04. The SMILES string of the molecule is CSC1(CNCc2cc(F)ccc2Cl)CCCCC1. The van der Waals surface area contributed by atoms with Crippen LogP contribution in [0.1, 0.15) is 37.7 Å². The number of nitrogens with one attached hydrogen (secondary N) is 1. The van der Waals surface area contributed by atoms with Crippen molar-refractivity contribution in [2.45, 2.75) is 43.4 Å². The van der Waals surface area contributed by atoms with Gasteiger partial charge in [0.2, 0.25) is 0 Å². The zero-order valence-electron chi connectivity index (χ0n) is 11.3. The highest BCUT2D eigenvalue weighted by Gasteiger charge is 2.30. The molecule has 0 heterocycles. The number of halogens is 2. The second-order valence-corrected chi connectivity index (χ2v) is 6.97. The maximum atomic E-state index is 13.2. The molecular weight excluding hydrogens is 281 g/mol. The van der Waals surface area contributed by atoms with Crippen LogP contribution in [0.15, 0.2) is 18.2 Å². The molecule has 0 radical (unpaired) electrons. The van der Waals surface area contributed by atoms with Crippen LogP contribution in [-0.2, 0) is 6.54 Å². The number of hydrogen-bond acceptors (Lipinski definition) is 2. The summed E-state index contributed by atoms with van der Waals surface area (Å²) in [7, 11) is 0. The molecule has 4 heteroatoms. The Morgan fingerprint density at radius 3 is 2.74 bits per heavy atom. The van der Waals surface area contributed by atoms with Gasteiger partial charge in [-0.2, -0.15) is 11.8 Å². The fourth-order valence-electron chi connectivity index (χ4n) is 2.75. The summed E-state index contributed by atoms with van der Waals surface area (Å²) in [6.45, 7) is 1.61. The highest BCUT2D eigenvalue weighted by molar-refractivity contribution is 8.00. The van der Waals surface area contributed by atoms with Crippen molar-refractivity contribution >= 4 is 23.4 Å². The molecule has 1 N–H and O–H groups in total. The van der Waals surface area contributed by atoms with Gasteiger partial charge in [-0.3, -0.25) is 0 Å². The van der Waals surface area contributed by atoms with Crippen LogP contribution in [0.5, 0.6) is 0 Å². The molecule has 0 aliphatic heterocycles. The number of hydrogen-bond donors (Lipinski definition) is 1. The molecule has 0 unspecified atom stereocenters. The van der Waals surface area contributed by atoms with Gasteiger partial charge in [-0.05, 0) is 42.9 Å². The number of benzene rings is 1. The standard InChI is InChI=1S/C15H21ClFNS/c1-19-15(7-3-2-4-8-15)11-18-10-12-9-13(17)5-6-14(12)16/h5-6,9,18H,2-4,7-8,10-11H2,1H3. The van der Waals surface area contributed by atoms with Crippen molar-refractivity contribution in [3.05, 3.63) is 34.6 Å². The van der Waals surface area contributed by atoms with Gasteiger partial charge >= 0.3 is 0 Å². The molecule has 19 heavy (non-hydrogen) atoms. The summed E-state index contributed by atoms with van der Waals surface area (Å²) in [5.74, 6) is -0.224. The van der Waals surface area contributed by atoms with E-state index in [0.717, 1.165) is 12.1 Å². The second kappa shape index (κ2) is 6.96. The van der Waals surface area contributed by atoms with Gasteiger partial charge < -0.3 is 5.32 Å². The lowest BCUT2D eigenvalue weighted by Crippen LogP contribution is -2.39. The van der Waals surface area contributed by atoms with Gasteiger partial charge in [-0.1, -0.05) is 30.9 Å². The normalized spacial score (nSPS) is 18.5. The minimum Gasteiger partial charge on any atom is -0.311 e. The molecule has 0 aromatic heterocycles. The first-order valence-corrected chi connectivity index (χ1v) is 8.45. The predicted octanol–water partition coefficient (Wildman–Crippen LogP) is 4.63. The van der Waals surface area contributed by atoms with E-state index < -0.39 is 0 Å². The van der Waals surface area contributed by atoms with Crippen molar-refractivity contribution in [3.8, 4) is 0 Å². The fourth-order valence-corrected chi connectivity index (χ4v) is 3.88. The van der Waals surface area contributed by atoms with Gasteiger partial charge in [0.05, 0.1) is 0 Å². The Kier molecular flexibility index (Phi) is 5.55. The van der Waals surface area contributed by atoms with Gasteiger partial charge in [-0.15, -0.1) is 0 Å². The van der Waals surface area contributed by atoms with E-state index in [1.807, 2.05) is 11.8 Å². The summed E-state index contributed by atoms with van der Waals surface area (Å²) in [5, 5.41) is 4.09. The predicted molar refractivity (Wildman–Crippen MR) is 82.4 cm³/mol. The Morgan fingerprint density at radius 1 is 1.32 bits per heavy atom. The van der Waals surface area contributed by atoms with E-state index >= 15 is 0 Å². The quantitative estimate of drug-likeness (QED) is 0.850. The zero-order chi connectivity index (χ0) is 13.7. The lowest BCUT2D eigenvalue weighted by atomic mass is 9.88. The summed E-state index contributed by atoms with van der Waals surface area (Å²) in [5.41, 5.74) is 0.841. The molecule has 0 saturated heterocycles. The first-order valence-electron chi connectivity index (χ1n) is 6.85. The van der Waals surface area contributed by atoms with E-state index in [0.29, 0.717) is 16.3 Å². The molecule has 106 valence electrons. The van der Waals surface area contributed by atoms with Gasteiger partial charge in [0, 0.05) is 22.9 Å². The molecule has 1 aromatic carbocycles. The molecular formula is C15H21ClFNS. The Labute approximate surface area is 124 Å². The van der Waals surface area contributed by atoms with Crippen LogP contribution < -0.4 is 5.32 Å². The van der Waals surface area contributed by atoms with Crippen LogP contribution in [-0.4, -0.2) is 17.5 Å². The van der Waals surface area contributed by atoms with E-state index in [2.05, 4.69) is 11.6 Å². The van der Waals surface area contributed by atoms with Gasteiger partial charge in [0.15, 0.2) is 0 Å². The summed E-state index contributed by atoms with van der Waals surface area (Å²) in [6.07, 6.45) is 8.75. The third kappa shape index (κ3) is 4.11. The zero-order valence-corrected chi connectivity index (χ0v) is 12.9. The maximum Gasteiger partial charge on any atom is 0.123 e. The summed E-state index contributed by atoms with van der Waals surface area (Å²) in [4.78, 5) is 0. The molecule has 2 rings (SSSR count).